The first-order valence-corrected chi connectivity index (χ1v) is 4.74. The molecule has 0 radical (unpaired) electrons. The number of nitrogens with one attached hydrogen (secondary N) is 1. The maximum absolute atomic E-state index is 13.0. The molecular weight excluding hydrogens is 244 g/mol. The summed E-state index contributed by atoms with van der Waals surface area (Å²) in [6, 6.07) is 4.37. The van der Waals surface area contributed by atoms with E-state index in [1.807, 2.05) is 4.98 Å². The van der Waals surface area contributed by atoms with E-state index in [1.165, 1.54) is 0 Å². The number of hydrogen-bond acceptors (Lipinski definition) is 3. The van der Waals surface area contributed by atoms with Crippen LogP contribution in [0.2, 0.25) is 0 Å². The number of benzene rings is 1. The highest BCUT2D eigenvalue weighted by atomic mass is 19.2. The monoisotopic (exact) mass is 249 g/mol. The molecule has 7 heteroatoms. The predicted molar refractivity (Wildman–Crippen MR) is 57.3 cm³/mol. The van der Waals surface area contributed by atoms with Crippen LogP contribution >= 0.6 is 0 Å². The Balaban J connectivity index is 2.72. The van der Waals surface area contributed by atoms with Crippen molar-refractivity contribution in [3.8, 4) is 11.8 Å². The van der Waals surface area contributed by atoms with E-state index in [0.717, 1.165) is 29.0 Å². The lowest BCUT2D eigenvalue weighted by Gasteiger charge is -2.05. The third-order valence-electron chi connectivity index (χ3n) is 2.24. The van der Waals surface area contributed by atoms with Crippen molar-refractivity contribution >= 4 is 0 Å². The summed E-state index contributed by atoms with van der Waals surface area (Å²) >= 11 is 0. The molecule has 0 fully saturated rings. The summed E-state index contributed by atoms with van der Waals surface area (Å²) in [5.41, 5.74) is -1.97. The molecule has 2 rings (SSSR count). The molecular formula is C11H5F2N3O2. The summed E-state index contributed by atoms with van der Waals surface area (Å²) in [6.45, 7) is 0. The second kappa shape index (κ2) is 4.25. The van der Waals surface area contributed by atoms with Crippen molar-refractivity contribution in [3.63, 3.8) is 0 Å². The number of rotatable bonds is 1. The Bertz CT molecular complexity index is 771. The Hall–Kier alpha value is -2.75. The summed E-state index contributed by atoms with van der Waals surface area (Å²) in [5, 5.41) is 8.66. The van der Waals surface area contributed by atoms with Gasteiger partial charge in [-0.3, -0.25) is 14.3 Å². The zero-order valence-electron chi connectivity index (χ0n) is 8.78. The number of H-pyrrole nitrogens is 1. The minimum absolute atomic E-state index is 0.00616. The van der Waals surface area contributed by atoms with Gasteiger partial charge in [0.05, 0.1) is 5.69 Å². The van der Waals surface area contributed by atoms with Gasteiger partial charge in [-0.25, -0.2) is 13.6 Å². The van der Waals surface area contributed by atoms with E-state index in [9.17, 15) is 18.4 Å². The molecule has 0 aliphatic heterocycles. The fourth-order valence-corrected chi connectivity index (χ4v) is 1.38. The van der Waals surface area contributed by atoms with E-state index >= 15 is 0 Å². The molecule has 0 spiro atoms. The van der Waals surface area contributed by atoms with Crippen LogP contribution in [0, 0.1) is 23.0 Å². The fourth-order valence-electron chi connectivity index (χ4n) is 1.38. The fraction of sp³-hybridized carbons (Fsp3) is 0. The molecule has 0 bridgehead atoms. The van der Waals surface area contributed by atoms with Gasteiger partial charge in [0.25, 0.3) is 5.56 Å². The molecule has 0 atom stereocenters. The first-order valence-electron chi connectivity index (χ1n) is 4.74. The van der Waals surface area contributed by atoms with Gasteiger partial charge in [0.2, 0.25) is 0 Å². The van der Waals surface area contributed by atoms with Crippen LogP contribution in [0.15, 0.2) is 34.0 Å². The van der Waals surface area contributed by atoms with E-state index in [4.69, 9.17) is 5.26 Å². The van der Waals surface area contributed by atoms with Gasteiger partial charge in [-0.2, -0.15) is 5.26 Å². The molecule has 90 valence electrons. The first kappa shape index (κ1) is 11.7. The molecule has 0 saturated heterocycles. The number of nitrogens with zero attached hydrogens (tertiary/aromatic N) is 2. The normalized spacial score (nSPS) is 10.1. The Kier molecular flexibility index (Phi) is 2.77. The summed E-state index contributed by atoms with van der Waals surface area (Å²) in [7, 11) is 0. The van der Waals surface area contributed by atoms with Crippen LogP contribution in [0.4, 0.5) is 8.78 Å². The summed E-state index contributed by atoms with van der Waals surface area (Å²) in [5.74, 6) is -2.19. The van der Waals surface area contributed by atoms with Gasteiger partial charge >= 0.3 is 5.69 Å². The minimum atomic E-state index is -1.14. The van der Waals surface area contributed by atoms with Gasteiger partial charge in [0, 0.05) is 12.3 Å². The van der Waals surface area contributed by atoms with Crippen LogP contribution in [0.3, 0.4) is 0 Å². The van der Waals surface area contributed by atoms with E-state index in [1.54, 1.807) is 6.07 Å². The molecule has 0 unspecified atom stereocenters. The average molecular weight is 249 g/mol. The highest BCUT2D eigenvalue weighted by Crippen LogP contribution is 2.11. The number of halogens is 2. The van der Waals surface area contributed by atoms with Crippen molar-refractivity contribution < 1.29 is 8.78 Å². The van der Waals surface area contributed by atoms with E-state index in [0.29, 0.717) is 0 Å². The predicted octanol–water partition coefficient (Wildman–Crippen LogP) is 0.676. The smallest absolute Gasteiger partial charge is 0.273 e. The van der Waals surface area contributed by atoms with Crippen LogP contribution in [0.25, 0.3) is 5.69 Å². The van der Waals surface area contributed by atoms with E-state index in [-0.39, 0.29) is 11.3 Å². The number of nitriles is 1. The van der Waals surface area contributed by atoms with E-state index in [2.05, 4.69) is 0 Å². The minimum Gasteiger partial charge on any atom is -0.273 e. The Morgan fingerprint density at radius 2 is 1.94 bits per heavy atom. The molecule has 0 saturated carbocycles. The van der Waals surface area contributed by atoms with Gasteiger partial charge in [-0.1, -0.05) is 0 Å². The SMILES string of the molecule is N#Cc1cn(-c2ccc(F)c(F)c2)c(=O)[nH]c1=O. The van der Waals surface area contributed by atoms with E-state index < -0.39 is 22.9 Å². The molecule has 18 heavy (non-hydrogen) atoms. The van der Waals surface area contributed by atoms with Crippen molar-refractivity contribution in [3.05, 3.63) is 62.4 Å². The molecule has 2 aromatic rings. The summed E-state index contributed by atoms with van der Waals surface area (Å²) < 4.78 is 26.6. The Labute approximate surface area is 98.5 Å². The van der Waals surface area contributed by atoms with Crippen molar-refractivity contribution in [2.45, 2.75) is 0 Å². The highest BCUT2D eigenvalue weighted by Gasteiger charge is 2.08. The van der Waals surface area contributed by atoms with Crippen molar-refractivity contribution in [1.29, 1.82) is 5.26 Å². The number of hydrogen-bond donors (Lipinski definition) is 1. The van der Waals surface area contributed by atoms with Gasteiger partial charge in [0.1, 0.15) is 11.6 Å². The maximum Gasteiger partial charge on any atom is 0.332 e. The lowest BCUT2D eigenvalue weighted by Crippen LogP contribution is -2.30. The second-order valence-electron chi connectivity index (χ2n) is 3.38. The third kappa shape index (κ3) is 1.91. The Morgan fingerprint density at radius 1 is 1.22 bits per heavy atom. The molecule has 0 aliphatic carbocycles. The number of aromatic nitrogens is 2. The van der Waals surface area contributed by atoms with Crippen molar-refractivity contribution in [2.24, 2.45) is 0 Å². The van der Waals surface area contributed by atoms with Gasteiger partial charge in [-0.15, -0.1) is 0 Å². The summed E-state index contributed by atoms with van der Waals surface area (Å²) in [6.07, 6.45) is 0.966. The molecule has 0 amide bonds. The van der Waals surface area contributed by atoms with Crippen LogP contribution in [0.5, 0.6) is 0 Å². The quantitative estimate of drug-likeness (QED) is 0.806. The molecule has 0 aliphatic rings. The molecule has 5 nitrogen and oxygen atoms in total. The Morgan fingerprint density at radius 3 is 2.56 bits per heavy atom. The lowest BCUT2D eigenvalue weighted by atomic mass is 10.3. The molecule has 1 aromatic heterocycles. The van der Waals surface area contributed by atoms with Crippen molar-refractivity contribution in [2.75, 3.05) is 0 Å². The largest absolute Gasteiger partial charge is 0.332 e. The van der Waals surface area contributed by atoms with Crippen LogP contribution < -0.4 is 11.2 Å². The van der Waals surface area contributed by atoms with Crippen LogP contribution in [-0.4, -0.2) is 9.55 Å². The van der Waals surface area contributed by atoms with Gasteiger partial charge in [0.15, 0.2) is 11.6 Å². The average Bonchev–Trinajstić information content (AvgIpc) is 2.33. The molecule has 1 heterocycles. The zero-order chi connectivity index (χ0) is 13.3. The first-order chi connectivity index (χ1) is 8.52. The number of aromatic amines is 1. The van der Waals surface area contributed by atoms with Crippen molar-refractivity contribution in [1.82, 2.24) is 9.55 Å². The van der Waals surface area contributed by atoms with Gasteiger partial charge < -0.3 is 0 Å². The van der Waals surface area contributed by atoms with Crippen LogP contribution in [-0.2, 0) is 0 Å². The maximum atomic E-state index is 13.0. The van der Waals surface area contributed by atoms with Crippen LogP contribution in [0.1, 0.15) is 5.56 Å². The second-order valence-corrected chi connectivity index (χ2v) is 3.38. The highest BCUT2D eigenvalue weighted by molar-refractivity contribution is 5.34. The lowest BCUT2D eigenvalue weighted by molar-refractivity contribution is 0.507. The molecule has 1 aromatic carbocycles. The standard InChI is InChI=1S/C11H5F2N3O2/c12-8-2-1-7(3-9(8)13)16-5-6(4-14)10(17)15-11(16)18/h1-3,5H,(H,15,17,18). The summed E-state index contributed by atoms with van der Waals surface area (Å²) in [4.78, 5) is 24.5. The third-order valence-corrected chi connectivity index (χ3v) is 2.24. The van der Waals surface area contributed by atoms with Gasteiger partial charge in [-0.05, 0) is 12.1 Å². The molecule has 1 N–H and O–H groups in total. The topological polar surface area (TPSA) is 78.7 Å². The zero-order valence-corrected chi connectivity index (χ0v) is 8.78.